The van der Waals surface area contributed by atoms with Gasteiger partial charge in [0.05, 0.1) is 30.7 Å². The molecular weight excluding hydrogens is 370 g/mol. The molecule has 88 valence electrons. The van der Waals surface area contributed by atoms with Crippen LogP contribution in [0.2, 0.25) is 0 Å². The molecule has 0 aliphatic heterocycles. The van der Waals surface area contributed by atoms with Crippen LogP contribution in [-0.2, 0) is 0 Å². The van der Waals surface area contributed by atoms with Gasteiger partial charge in [-0.05, 0) is 44.0 Å². The highest BCUT2D eigenvalue weighted by Gasteiger charge is 2.14. The van der Waals surface area contributed by atoms with Crippen molar-refractivity contribution in [2.24, 2.45) is 0 Å². The summed E-state index contributed by atoms with van der Waals surface area (Å²) in [5, 5.41) is 2.73. The number of aromatic nitrogens is 1. The first-order valence-electron chi connectivity index (χ1n) is 4.53. The van der Waals surface area contributed by atoms with Gasteiger partial charge in [0.1, 0.15) is 0 Å². The topological polar surface area (TPSA) is 68.0 Å². The Morgan fingerprint density at radius 2 is 2.24 bits per heavy atom. The fraction of sp³-hybridized carbons (Fsp3) is 0. The van der Waals surface area contributed by atoms with E-state index in [1.54, 1.807) is 18.3 Å². The van der Waals surface area contributed by atoms with Crippen LogP contribution in [0.3, 0.4) is 0 Å². The van der Waals surface area contributed by atoms with Crippen LogP contribution in [-0.4, -0.2) is 10.9 Å². The van der Waals surface area contributed by atoms with Gasteiger partial charge in [-0.2, -0.15) is 0 Å². The number of halogens is 2. The molecule has 0 saturated heterocycles. The molecule has 0 bridgehead atoms. The highest BCUT2D eigenvalue weighted by atomic mass is 79.9. The average molecular weight is 377 g/mol. The number of hydrogen-bond acceptors (Lipinski definition) is 4. The van der Waals surface area contributed by atoms with Crippen LogP contribution in [0, 0.1) is 0 Å². The molecule has 1 amide bonds. The van der Waals surface area contributed by atoms with Gasteiger partial charge in [0.25, 0.3) is 5.91 Å². The summed E-state index contributed by atoms with van der Waals surface area (Å²) in [6.07, 6.45) is 3.07. The van der Waals surface area contributed by atoms with Gasteiger partial charge in [0.2, 0.25) is 0 Å². The van der Waals surface area contributed by atoms with Gasteiger partial charge < -0.3 is 11.1 Å². The predicted octanol–water partition coefficient (Wildman–Crippen LogP) is 3.50. The fourth-order valence-corrected chi connectivity index (χ4v) is 4.00. The number of rotatable bonds is 2. The first kappa shape index (κ1) is 12.5. The summed E-state index contributed by atoms with van der Waals surface area (Å²) in [6.45, 7) is 0. The molecule has 17 heavy (non-hydrogen) atoms. The number of anilines is 2. The van der Waals surface area contributed by atoms with Gasteiger partial charge >= 0.3 is 0 Å². The summed E-state index contributed by atoms with van der Waals surface area (Å²) < 4.78 is 1.66. The van der Waals surface area contributed by atoms with Gasteiger partial charge in [-0.3, -0.25) is 9.78 Å². The predicted molar refractivity (Wildman–Crippen MR) is 76.3 cm³/mol. The molecular formula is C10H7Br2N3OS. The molecule has 0 radical (unpaired) electrons. The molecule has 2 aromatic heterocycles. The van der Waals surface area contributed by atoms with E-state index in [2.05, 4.69) is 42.2 Å². The number of carbonyl (C=O) groups excluding carboxylic acids is 1. The monoisotopic (exact) mass is 375 g/mol. The Bertz CT molecular complexity index is 570. The van der Waals surface area contributed by atoms with E-state index < -0.39 is 0 Å². The van der Waals surface area contributed by atoms with Crippen molar-refractivity contribution in [1.29, 1.82) is 0 Å². The lowest BCUT2D eigenvalue weighted by molar-refractivity contribution is 0.102. The Kier molecular flexibility index (Phi) is 3.80. The van der Waals surface area contributed by atoms with E-state index in [1.165, 1.54) is 17.5 Å². The molecule has 0 saturated carbocycles. The van der Waals surface area contributed by atoms with Crippen molar-refractivity contribution in [2.45, 2.75) is 0 Å². The third-order valence-electron chi connectivity index (χ3n) is 2.00. The number of thiophene rings is 1. The number of nitrogens with one attached hydrogen (secondary N) is 1. The second kappa shape index (κ2) is 5.16. The van der Waals surface area contributed by atoms with Gasteiger partial charge in [0.15, 0.2) is 0 Å². The summed E-state index contributed by atoms with van der Waals surface area (Å²) in [5.41, 5.74) is 7.25. The number of hydrogen-bond donors (Lipinski definition) is 2. The summed E-state index contributed by atoms with van der Waals surface area (Å²) in [4.78, 5) is 15.8. The lowest BCUT2D eigenvalue weighted by Gasteiger charge is -2.06. The van der Waals surface area contributed by atoms with Gasteiger partial charge in [-0.25, -0.2) is 0 Å². The molecule has 3 N–H and O–H groups in total. The maximum Gasteiger partial charge on any atom is 0.257 e. The normalized spacial score (nSPS) is 10.2. The van der Waals surface area contributed by atoms with Crippen LogP contribution in [0.15, 0.2) is 32.1 Å². The third-order valence-corrected chi connectivity index (χ3v) is 4.34. The Hall–Kier alpha value is -0.920. The second-order valence-electron chi connectivity index (χ2n) is 3.15. The van der Waals surface area contributed by atoms with Crippen molar-refractivity contribution in [2.75, 3.05) is 11.1 Å². The highest BCUT2D eigenvalue weighted by molar-refractivity contribution is 9.12. The minimum atomic E-state index is -0.211. The molecule has 2 rings (SSSR count). The molecule has 0 spiro atoms. The third kappa shape index (κ3) is 2.85. The fourth-order valence-electron chi connectivity index (χ4n) is 1.21. The van der Waals surface area contributed by atoms with Crippen LogP contribution in [0.4, 0.5) is 11.4 Å². The van der Waals surface area contributed by atoms with Crippen LogP contribution in [0.5, 0.6) is 0 Å². The zero-order valence-corrected chi connectivity index (χ0v) is 12.4. The number of carbonyl (C=O) groups is 1. The van der Waals surface area contributed by atoms with Crippen LogP contribution in [0.25, 0.3) is 0 Å². The molecule has 2 heterocycles. The van der Waals surface area contributed by atoms with Crippen molar-refractivity contribution in [1.82, 2.24) is 4.98 Å². The lowest BCUT2D eigenvalue weighted by atomic mass is 10.3. The first-order chi connectivity index (χ1) is 8.08. The summed E-state index contributed by atoms with van der Waals surface area (Å²) in [6, 6.07) is 3.41. The van der Waals surface area contributed by atoms with Gasteiger partial charge in [0, 0.05) is 6.20 Å². The van der Waals surface area contributed by atoms with Crippen LogP contribution in [0.1, 0.15) is 10.4 Å². The Morgan fingerprint density at radius 1 is 1.47 bits per heavy atom. The van der Waals surface area contributed by atoms with Crippen molar-refractivity contribution in [3.8, 4) is 0 Å². The molecule has 2 aromatic rings. The van der Waals surface area contributed by atoms with E-state index in [0.29, 0.717) is 16.9 Å². The SMILES string of the molecule is Nc1cnccc1NC(=O)c1cc(Br)sc1Br. The van der Waals surface area contributed by atoms with E-state index in [1.807, 2.05) is 0 Å². The van der Waals surface area contributed by atoms with E-state index in [9.17, 15) is 4.79 Å². The first-order valence-corrected chi connectivity index (χ1v) is 6.94. The quantitative estimate of drug-likeness (QED) is 0.842. The Labute approximate surface area is 118 Å². The molecule has 0 atom stereocenters. The summed E-state index contributed by atoms with van der Waals surface area (Å²) in [7, 11) is 0. The molecule has 4 nitrogen and oxygen atoms in total. The number of nitrogens with two attached hydrogens (primary N) is 1. The van der Waals surface area contributed by atoms with Crippen LogP contribution >= 0.6 is 43.2 Å². The summed E-state index contributed by atoms with van der Waals surface area (Å²) >= 11 is 8.10. The molecule has 0 aromatic carbocycles. The van der Waals surface area contributed by atoms with Crippen LogP contribution < -0.4 is 11.1 Å². The number of amides is 1. The Morgan fingerprint density at radius 3 is 2.82 bits per heavy atom. The van der Waals surface area contributed by atoms with Gasteiger partial charge in [-0.15, -0.1) is 11.3 Å². The van der Waals surface area contributed by atoms with E-state index in [0.717, 1.165) is 7.57 Å². The number of nitrogens with zero attached hydrogens (tertiary/aromatic N) is 1. The van der Waals surface area contributed by atoms with Crippen molar-refractivity contribution in [3.63, 3.8) is 0 Å². The highest BCUT2D eigenvalue weighted by Crippen LogP contribution is 2.32. The van der Waals surface area contributed by atoms with E-state index in [4.69, 9.17) is 5.73 Å². The minimum absolute atomic E-state index is 0.211. The van der Waals surface area contributed by atoms with Crippen molar-refractivity contribution >= 4 is 60.5 Å². The largest absolute Gasteiger partial charge is 0.396 e. The Balaban J connectivity index is 2.23. The van der Waals surface area contributed by atoms with E-state index >= 15 is 0 Å². The number of pyridine rings is 1. The van der Waals surface area contributed by atoms with Gasteiger partial charge in [-0.1, -0.05) is 0 Å². The molecule has 0 unspecified atom stereocenters. The zero-order chi connectivity index (χ0) is 12.4. The second-order valence-corrected chi connectivity index (χ2v) is 6.90. The molecule has 0 fully saturated rings. The molecule has 0 aliphatic carbocycles. The smallest absolute Gasteiger partial charge is 0.257 e. The maximum atomic E-state index is 12.0. The maximum absolute atomic E-state index is 12.0. The van der Waals surface area contributed by atoms with Crippen molar-refractivity contribution in [3.05, 3.63) is 37.7 Å². The summed E-state index contributed by atoms with van der Waals surface area (Å²) in [5.74, 6) is -0.211. The molecule has 0 aliphatic rings. The van der Waals surface area contributed by atoms with E-state index in [-0.39, 0.29) is 5.91 Å². The lowest BCUT2D eigenvalue weighted by Crippen LogP contribution is -2.12. The van der Waals surface area contributed by atoms with Crippen molar-refractivity contribution < 1.29 is 4.79 Å². The number of nitrogen functional groups attached to an aromatic ring is 1. The minimum Gasteiger partial charge on any atom is -0.396 e. The standard InChI is InChI=1S/C10H7Br2N3OS/c11-8-3-5(9(12)17-8)10(16)15-7-1-2-14-4-6(7)13/h1-4H,13H2,(H,14,15,16). The molecule has 7 heteroatoms. The zero-order valence-electron chi connectivity index (χ0n) is 8.41. The average Bonchev–Trinajstić information content (AvgIpc) is 2.61.